The van der Waals surface area contributed by atoms with Gasteiger partial charge in [0.1, 0.15) is 0 Å². The van der Waals surface area contributed by atoms with Crippen LogP contribution in [0.25, 0.3) is 11.4 Å². The van der Waals surface area contributed by atoms with Crippen LogP contribution in [-0.2, 0) is 4.79 Å². The van der Waals surface area contributed by atoms with Gasteiger partial charge in [-0.2, -0.15) is 4.98 Å². The summed E-state index contributed by atoms with van der Waals surface area (Å²) in [6, 6.07) is 13.6. The molecule has 1 atom stereocenters. The van der Waals surface area contributed by atoms with E-state index in [4.69, 9.17) is 14.0 Å². The van der Waals surface area contributed by atoms with Crippen LogP contribution in [0.15, 0.2) is 47.0 Å². The SMILES string of the molecule is COc1ccc(-c2noc(C3CC(=O)N(c4ccc(C(C)C)cc4)C3)n2)cc1OC. The average molecular weight is 407 g/mol. The second kappa shape index (κ2) is 8.18. The molecular formula is C23H25N3O4. The molecule has 1 aliphatic heterocycles. The number of methoxy groups -OCH3 is 2. The van der Waals surface area contributed by atoms with Crippen molar-refractivity contribution >= 4 is 11.6 Å². The Balaban J connectivity index is 1.52. The maximum absolute atomic E-state index is 12.6. The number of benzene rings is 2. The van der Waals surface area contributed by atoms with E-state index < -0.39 is 0 Å². The van der Waals surface area contributed by atoms with Gasteiger partial charge >= 0.3 is 0 Å². The Morgan fingerprint density at radius 2 is 1.80 bits per heavy atom. The molecule has 1 fully saturated rings. The van der Waals surface area contributed by atoms with E-state index in [1.165, 1.54) is 5.56 Å². The molecule has 2 heterocycles. The first-order valence-electron chi connectivity index (χ1n) is 9.96. The molecule has 7 heteroatoms. The number of hydrogen-bond acceptors (Lipinski definition) is 6. The van der Waals surface area contributed by atoms with Gasteiger partial charge in [-0.3, -0.25) is 4.79 Å². The van der Waals surface area contributed by atoms with Crippen LogP contribution in [0.5, 0.6) is 11.5 Å². The lowest BCUT2D eigenvalue weighted by molar-refractivity contribution is -0.117. The molecule has 30 heavy (non-hydrogen) atoms. The van der Waals surface area contributed by atoms with Crippen LogP contribution in [0.2, 0.25) is 0 Å². The van der Waals surface area contributed by atoms with Crippen molar-refractivity contribution in [2.45, 2.75) is 32.1 Å². The van der Waals surface area contributed by atoms with E-state index in [-0.39, 0.29) is 11.8 Å². The molecule has 1 amide bonds. The lowest BCUT2D eigenvalue weighted by Crippen LogP contribution is -2.24. The van der Waals surface area contributed by atoms with Crippen LogP contribution in [0.1, 0.15) is 43.6 Å². The van der Waals surface area contributed by atoms with E-state index in [1.54, 1.807) is 31.3 Å². The van der Waals surface area contributed by atoms with Crippen LogP contribution in [0.4, 0.5) is 5.69 Å². The number of ether oxygens (including phenoxy) is 2. The second-order valence-corrected chi connectivity index (χ2v) is 7.68. The van der Waals surface area contributed by atoms with Crippen molar-refractivity contribution in [3.63, 3.8) is 0 Å². The van der Waals surface area contributed by atoms with Crippen LogP contribution in [0.3, 0.4) is 0 Å². The quantitative estimate of drug-likeness (QED) is 0.603. The van der Waals surface area contributed by atoms with E-state index in [0.717, 1.165) is 11.3 Å². The minimum Gasteiger partial charge on any atom is -0.493 e. The molecule has 1 unspecified atom stereocenters. The molecule has 4 rings (SSSR count). The molecule has 0 N–H and O–H groups in total. The second-order valence-electron chi connectivity index (χ2n) is 7.68. The summed E-state index contributed by atoms with van der Waals surface area (Å²) in [5, 5.41) is 4.10. The standard InChI is InChI=1S/C23H25N3O4/c1-14(2)15-5-8-18(9-6-15)26-13-17(12-21(26)27)23-24-22(25-30-23)16-7-10-19(28-3)20(11-16)29-4/h5-11,14,17H,12-13H2,1-4H3. The fourth-order valence-corrected chi connectivity index (χ4v) is 3.66. The summed E-state index contributed by atoms with van der Waals surface area (Å²) in [5.41, 5.74) is 2.90. The molecule has 1 saturated heterocycles. The van der Waals surface area contributed by atoms with Crippen molar-refractivity contribution in [2.24, 2.45) is 0 Å². The first-order chi connectivity index (χ1) is 14.5. The van der Waals surface area contributed by atoms with Crippen LogP contribution < -0.4 is 14.4 Å². The maximum Gasteiger partial charge on any atom is 0.232 e. The summed E-state index contributed by atoms with van der Waals surface area (Å²) in [5.74, 6) is 2.52. The maximum atomic E-state index is 12.6. The van der Waals surface area contributed by atoms with Crippen LogP contribution in [0, 0.1) is 0 Å². The highest BCUT2D eigenvalue weighted by molar-refractivity contribution is 5.96. The zero-order valence-electron chi connectivity index (χ0n) is 17.6. The predicted octanol–water partition coefficient (Wildman–Crippen LogP) is 4.40. The number of hydrogen-bond donors (Lipinski definition) is 0. The topological polar surface area (TPSA) is 77.7 Å². The molecule has 1 aliphatic rings. The Labute approximate surface area is 175 Å². The molecule has 0 aliphatic carbocycles. The third-order valence-electron chi connectivity index (χ3n) is 5.43. The van der Waals surface area contributed by atoms with Gasteiger partial charge in [0.05, 0.1) is 20.1 Å². The molecular weight excluding hydrogens is 382 g/mol. The summed E-state index contributed by atoms with van der Waals surface area (Å²) in [6.45, 7) is 4.82. The van der Waals surface area contributed by atoms with Gasteiger partial charge in [-0.1, -0.05) is 31.1 Å². The van der Waals surface area contributed by atoms with Gasteiger partial charge in [-0.05, 0) is 41.8 Å². The van der Waals surface area contributed by atoms with Gasteiger partial charge in [-0.25, -0.2) is 0 Å². The van der Waals surface area contributed by atoms with Crippen molar-refractivity contribution in [3.8, 4) is 22.9 Å². The highest BCUT2D eigenvalue weighted by Gasteiger charge is 2.35. The van der Waals surface area contributed by atoms with E-state index >= 15 is 0 Å². The zero-order valence-corrected chi connectivity index (χ0v) is 17.6. The fraction of sp³-hybridized carbons (Fsp3) is 0.348. The lowest BCUT2D eigenvalue weighted by Gasteiger charge is -2.17. The molecule has 0 saturated carbocycles. The Kier molecular flexibility index (Phi) is 5.44. The smallest absolute Gasteiger partial charge is 0.232 e. The van der Waals surface area contributed by atoms with Gasteiger partial charge in [0, 0.05) is 24.2 Å². The highest BCUT2D eigenvalue weighted by Crippen LogP contribution is 2.34. The van der Waals surface area contributed by atoms with Gasteiger partial charge in [0.15, 0.2) is 11.5 Å². The molecule has 0 spiro atoms. The highest BCUT2D eigenvalue weighted by atomic mass is 16.5. The average Bonchev–Trinajstić information content (AvgIpc) is 3.40. The van der Waals surface area contributed by atoms with E-state index in [2.05, 4.69) is 36.1 Å². The summed E-state index contributed by atoms with van der Waals surface area (Å²) in [4.78, 5) is 18.9. The van der Waals surface area contributed by atoms with Gasteiger partial charge in [0.2, 0.25) is 17.6 Å². The molecule has 1 aromatic heterocycles. The third kappa shape index (κ3) is 3.75. The normalized spacial score (nSPS) is 16.4. The Bertz CT molecular complexity index is 1040. The number of carbonyl (C=O) groups excluding carboxylic acids is 1. The summed E-state index contributed by atoms with van der Waals surface area (Å²) in [7, 11) is 3.17. The summed E-state index contributed by atoms with van der Waals surface area (Å²) >= 11 is 0. The number of anilines is 1. The lowest BCUT2D eigenvalue weighted by atomic mass is 10.0. The molecule has 7 nitrogen and oxygen atoms in total. The van der Waals surface area contributed by atoms with Crippen LogP contribution in [-0.4, -0.2) is 36.8 Å². The monoisotopic (exact) mass is 407 g/mol. The van der Waals surface area contributed by atoms with E-state index in [1.807, 2.05) is 18.2 Å². The van der Waals surface area contributed by atoms with Gasteiger partial charge in [0.25, 0.3) is 0 Å². The van der Waals surface area contributed by atoms with Crippen molar-refractivity contribution in [1.29, 1.82) is 0 Å². The van der Waals surface area contributed by atoms with Crippen molar-refractivity contribution in [3.05, 3.63) is 53.9 Å². The number of nitrogens with zero attached hydrogens (tertiary/aromatic N) is 3. The summed E-state index contributed by atoms with van der Waals surface area (Å²) in [6.07, 6.45) is 0.347. The number of amides is 1. The molecule has 2 aromatic carbocycles. The fourth-order valence-electron chi connectivity index (χ4n) is 3.66. The Hall–Kier alpha value is -3.35. The van der Waals surface area contributed by atoms with Crippen molar-refractivity contribution in [2.75, 3.05) is 25.7 Å². The third-order valence-corrected chi connectivity index (χ3v) is 5.43. The summed E-state index contributed by atoms with van der Waals surface area (Å²) < 4.78 is 16.1. The number of carbonyl (C=O) groups is 1. The minimum atomic E-state index is -0.135. The molecule has 0 bridgehead atoms. The first-order valence-corrected chi connectivity index (χ1v) is 9.96. The number of aromatic nitrogens is 2. The van der Waals surface area contributed by atoms with Gasteiger partial charge in [-0.15, -0.1) is 0 Å². The van der Waals surface area contributed by atoms with Crippen LogP contribution >= 0.6 is 0 Å². The van der Waals surface area contributed by atoms with Gasteiger partial charge < -0.3 is 18.9 Å². The Morgan fingerprint density at radius 1 is 1.07 bits per heavy atom. The van der Waals surface area contributed by atoms with E-state index in [0.29, 0.717) is 42.1 Å². The zero-order chi connectivity index (χ0) is 21.3. The molecule has 0 radical (unpaired) electrons. The Morgan fingerprint density at radius 3 is 2.47 bits per heavy atom. The molecule has 3 aromatic rings. The largest absolute Gasteiger partial charge is 0.493 e. The van der Waals surface area contributed by atoms with E-state index in [9.17, 15) is 4.79 Å². The molecule has 156 valence electrons. The predicted molar refractivity (Wildman–Crippen MR) is 113 cm³/mol. The number of rotatable bonds is 6. The van der Waals surface area contributed by atoms with Crippen molar-refractivity contribution < 1.29 is 18.8 Å². The van der Waals surface area contributed by atoms with Crippen molar-refractivity contribution in [1.82, 2.24) is 10.1 Å². The first kappa shape index (κ1) is 19.9. The minimum absolute atomic E-state index is 0.0585.